The Morgan fingerprint density at radius 2 is 0.821 bits per heavy atom. The summed E-state index contributed by atoms with van der Waals surface area (Å²) in [5.41, 5.74) is 8.51. The average Bonchev–Trinajstić information content (AvgIpc) is 3.75. The number of alkyl halides is 3. The highest BCUT2D eigenvalue weighted by Crippen LogP contribution is 2.44. The van der Waals surface area contributed by atoms with E-state index in [4.69, 9.17) is 0 Å². The first kappa shape index (κ1) is 33.2. The largest absolute Gasteiger partial charge is 0.417 e. The molecule has 6 heteroatoms. The lowest BCUT2D eigenvalue weighted by Crippen LogP contribution is -2.09. The number of nitrogens with zero attached hydrogens (tertiary/aromatic N) is 3. The summed E-state index contributed by atoms with van der Waals surface area (Å²) in [6, 6.07) is 60.4. The second-order valence-corrected chi connectivity index (χ2v) is 13.9. The molecule has 0 N–H and O–H groups in total. The molecule has 10 rings (SSSR count). The summed E-state index contributed by atoms with van der Waals surface area (Å²) in [7, 11) is 0. The lowest BCUT2D eigenvalue weighted by molar-refractivity contribution is -0.137. The van der Waals surface area contributed by atoms with Gasteiger partial charge in [-0.15, -0.1) is 0 Å². The molecule has 0 saturated heterocycles. The second kappa shape index (κ2) is 12.9. The van der Waals surface area contributed by atoms with E-state index in [-0.39, 0.29) is 5.56 Å². The molecule has 2 heterocycles. The summed E-state index contributed by atoms with van der Waals surface area (Å²) in [4.78, 5) is 0. The van der Waals surface area contributed by atoms with Crippen molar-refractivity contribution in [1.29, 1.82) is 5.26 Å². The third-order valence-electron chi connectivity index (χ3n) is 10.8. The van der Waals surface area contributed by atoms with E-state index in [1.165, 1.54) is 12.1 Å². The van der Waals surface area contributed by atoms with Crippen LogP contribution in [-0.2, 0) is 6.18 Å². The highest BCUT2D eigenvalue weighted by Gasteiger charge is 2.34. The highest BCUT2D eigenvalue weighted by atomic mass is 19.4. The molecule has 0 saturated carbocycles. The van der Waals surface area contributed by atoms with Crippen LogP contribution in [0.25, 0.3) is 88.4 Å². The number of nitriles is 1. The van der Waals surface area contributed by atoms with E-state index in [0.29, 0.717) is 22.5 Å². The van der Waals surface area contributed by atoms with Gasteiger partial charge in [0.2, 0.25) is 0 Å². The van der Waals surface area contributed by atoms with Gasteiger partial charge in [-0.2, -0.15) is 18.4 Å². The van der Waals surface area contributed by atoms with Crippen LogP contribution in [0.1, 0.15) is 11.1 Å². The normalized spacial score (nSPS) is 11.8. The SMILES string of the molecule is N#Cc1c(-n2c3ccccc3c3cc(-c4ccccc4)ccc32)cc(-c2ccccc2C(F)(F)F)cc1-n1c2ccccc2c2cc(-c3ccccc3)ccc21. The molecule has 0 atom stereocenters. The molecule has 0 aliphatic heterocycles. The molecule has 0 amide bonds. The maximum absolute atomic E-state index is 14.8. The molecule has 0 bridgehead atoms. The molecule has 0 unspecified atom stereocenters. The first-order valence-corrected chi connectivity index (χ1v) is 18.3. The van der Waals surface area contributed by atoms with Gasteiger partial charge in [-0.05, 0) is 88.0 Å². The maximum atomic E-state index is 14.8. The van der Waals surface area contributed by atoms with Crippen molar-refractivity contribution in [2.75, 3.05) is 0 Å². The Labute approximate surface area is 320 Å². The first-order valence-electron chi connectivity index (χ1n) is 18.3. The average molecular weight is 730 g/mol. The molecular formula is C50H30F3N3. The van der Waals surface area contributed by atoms with Gasteiger partial charge in [-0.25, -0.2) is 0 Å². The number of fused-ring (bicyclic) bond motifs is 6. The summed E-state index contributed by atoms with van der Waals surface area (Å²) >= 11 is 0. The van der Waals surface area contributed by atoms with Crippen molar-refractivity contribution in [2.45, 2.75) is 6.18 Å². The molecule has 2 aromatic heterocycles. The molecule has 8 aromatic carbocycles. The molecule has 0 radical (unpaired) electrons. The molecule has 56 heavy (non-hydrogen) atoms. The van der Waals surface area contributed by atoms with E-state index in [2.05, 4.69) is 66.7 Å². The van der Waals surface area contributed by atoms with E-state index < -0.39 is 11.7 Å². The Morgan fingerprint density at radius 3 is 1.30 bits per heavy atom. The standard InChI is InChI=1S/C50H30F3N3/c51-50(52,53)43-20-10-7-17-37(43)36-29-48(55-44-21-11-8-18-38(44)40-27-34(23-25-46(40)55)32-13-3-1-4-14-32)42(31-54)49(30-36)56-45-22-12-9-19-39(45)41-28-35(24-26-47(41)56)33-15-5-2-6-16-33/h1-30H. The number of hydrogen-bond acceptors (Lipinski definition) is 1. The van der Waals surface area contributed by atoms with Crippen molar-refractivity contribution in [2.24, 2.45) is 0 Å². The molecule has 0 fully saturated rings. The zero-order valence-electron chi connectivity index (χ0n) is 29.8. The topological polar surface area (TPSA) is 33.6 Å². The van der Waals surface area contributed by atoms with E-state index in [9.17, 15) is 18.4 Å². The highest BCUT2D eigenvalue weighted by molar-refractivity contribution is 6.12. The van der Waals surface area contributed by atoms with Crippen molar-refractivity contribution in [3.05, 3.63) is 193 Å². The third-order valence-corrected chi connectivity index (χ3v) is 10.8. The predicted octanol–water partition coefficient (Wildman–Crippen LogP) is 13.8. The number of para-hydroxylation sites is 2. The zero-order chi connectivity index (χ0) is 38.0. The molecule has 10 aromatic rings. The van der Waals surface area contributed by atoms with Gasteiger partial charge >= 0.3 is 6.18 Å². The minimum Gasteiger partial charge on any atom is -0.308 e. The monoisotopic (exact) mass is 729 g/mol. The molecule has 0 spiro atoms. The van der Waals surface area contributed by atoms with Crippen LogP contribution in [0.4, 0.5) is 13.2 Å². The van der Waals surface area contributed by atoms with Gasteiger partial charge in [0.25, 0.3) is 0 Å². The lowest BCUT2D eigenvalue weighted by atomic mass is 9.96. The van der Waals surface area contributed by atoms with E-state index >= 15 is 0 Å². The Balaban J connectivity index is 1.33. The summed E-state index contributed by atoms with van der Waals surface area (Å²) in [6.07, 6.45) is -4.60. The fraction of sp³-hybridized carbons (Fsp3) is 0.0200. The second-order valence-electron chi connectivity index (χ2n) is 13.9. The van der Waals surface area contributed by atoms with Gasteiger partial charge in [0, 0.05) is 21.5 Å². The summed E-state index contributed by atoms with van der Waals surface area (Å²) < 4.78 is 48.3. The number of rotatable bonds is 5. The lowest BCUT2D eigenvalue weighted by Gasteiger charge is -2.20. The molecule has 0 aliphatic carbocycles. The van der Waals surface area contributed by atoms with Gasteiger partial charge in [0.05, 0.1) is 39.0 Å². The van der Waals surface area contributed by atoms with Crippen LogP contribution in [0.2, 0.25) is 0 Å². The van der Waals surface area contributed by atoms with Crippen LogP contribution in [0.3, 0.4) is 0 Å². The van der Waals surface area contributed by atoms with Crippen molar-refractivity contribution in [3.63, 3.8) is 0 Å². The predicted molar refractivity (Wildman–Crippen MR) is 221 cm³/mol. The summed E-state index contributed by atoms with van der Waals surface area (Å²) in [6.45, 7) is 0. The fourth-order valence-corrected chi connectivity index (χ4v) is 8.30. The summed E-state index contributed by atoms with van der Waals surface area (Å²) in [5, 5.41) is 15.1. The van der Waals surface area contributed by atoms with Crippen molar-refractivity contribution in [3.8, 4) is 50.8 Å². The zero-order valence-corrected chi connectivity index (χ0v) is 29.8. The smallest absolute Gasteiger partial charge is 0.308 e. The molecule has 0 aliphatic rings. The Morgan fingerprint density at radius 1 is 0.393 bits per heavy atom. The van der Waals surface area contributed by atoms with Gasteiger partial charge in [0.15, 0.2) is 0 Å². The number of aromatic nitrogens is 2. The van der Waals surface area contributed by atoms with Crippen LogP contribution in [-0.4, -0.2) is 9.13 Å². The van der Waals surface area contributed by atoms with E-state index in [1.54, 1.807) is 18.2 Å². The van der Waals surface area contributed by atoms with Crippen LogP contribution < -0.4 is 0 Å². The number of halogens is 3. The van der Waals surface area contributed by atoms with Crippen molar-refractivity contribution in [1.82, 2.24) is 9.13 Å². The number of hydrogen-bond donors (Lipinski definition) is 0. The third kappa shape index (κ3) is 5.28. The minimum atomic E-state index is -4.60. The van der Waals surface area contributed by atoms with E-state index in [0.717, 1.165) is 71.9 Å². The van der Waals surface area contributed by atoms with Gasteiger partial charge in [0.1, 0.15) is 11.6 Å². The van der Waals surface area contributed by atoms with Crippen molar-refractivity contribution >= 4 is 43.6 Å². The Kier molecular flexibility index (Phi) is 7.65. The Bertz CT molecular complexity index is 3010. The molecule has 266 valence electrons. The molecule has 3 nitrogen and oxygen atoms in total. The quantitative estimate of drug-likeness (QED) is 0.174. The van der Waals surface area contributed by atoms with Crippen LogP contribution >= 0.6 is 0 Å². The van der Waals surface area contributed by atoms with Gasteiger partial charge in [-0.1, -0.05) is 127 Å². The Hall–Kier alpha value is -7.36. The van der Waals surface area contributed by atoms with Crippen LogP contribution in [0.5, 0.6) is 0 Å². The fourth-order valence-electron chi connectivity index (χ4n) is 8.30. The van der Waals surface area contributed by atoms with Crippen LogP contribution in [0.15, 0.2) is 182 Å². The van der Waals surface area contributed by atoms with Crippen LogP contribution in [0, 0.1) is 11.3 Å². The minimum absolute atomic E-state index is 0.0336. The van der Waals surface area contributed by atoms with Gasteiger partial charge in [-0.3, -0.25) is 0 Å². The van der Waals surface area contributed by atoms with Gasteiger partial charge < -0.3 is 9.13 Å². The molecular weight excluding hydrogens is 700 g/mol. The van der Waals surface area contributed by atoms with E-state index in [1.807, 2.05) is 94.1 Å². The maximum Gasteiger partial charge on any atom is 0.417 e. The number of benzene rings is 8. The first-order chi connectivity index (χ1) is 27.4. The van der Waals surface area contributed by atoms with Crippen molar-refractivity contribution < 1.29 is 13.2 Å². The summed E-state index contributed by atoms with van der Waals surface area (Å²) in [5.74, 6) is 0.